The molecule has 1 amide bonds. The highest BCUT2D eigenvalue weighted by Gasteiger charge is 2.45. The lowest BCUT2D eigenvalue weighted by Crippen LogP contribution is -2.52. The van der Waals surface area contributed by atoms with E-state index in [1.807, 2.05) is 25.7 Å². The van der Waals surface area contributed by atoms with Crippen molar-refractivity contribution in [1.82, 2.24) is 9.58 Å². The third-order valence-electron chi connectivity index (χ3n) is 4.92. The van der Waals surface area contributed by atoms with Gasteiger partial charge in [0.15, 0.2) is 0 Å². The first kappa shape index (κ1) is 16.2. The van der Waals surface area contributed by atoms with Gasteiger partial charge in [0.05, 0.1) is 0 Å². The molecule has 2 aliphatic rings. The largest absolute Gasteiger partial charge is 0.444 e. The first-order valence-electron chi connectivity index (χ1n) is 8.67. The van der Waals surface area contributed by atoms with Crippen molar-refractivity contribution in [2.75, 3.05) is 5.43 Å². The molecule has 0 radical (unpaired) electrons. The van der Waals surface area contributed by atoms with Gasteiger partial charge in [-0.2, -0.15) is 0 Å². The van der Waals surface area contributed by atoms with Crippen molar-refractivity contribution in [3.8, 4) is 0 Å². The molecule has 128 valence electrons. The third kappa shape index (κ3) is 3.33. The van der Waals surface area contributed by atoms with Crippen molar-refractivity contribution in [2.24, 2.45) is 0 Å². The fourth-order valence-corrected chi connectivity index (χ4v) is 3.95. The molecule has 3 rings (SSSR count). The van der Waals surface area contributed by atoms with E-state index in [1.165, 1.54) is 11.4 Å². The van der Waals surface area contributed by atoms with Crippen LogP contribution in [-0.2, 0) is 4.74 Å². The number of hydrogen-bond acceptors (Lipinski definition) is 3. The van der Waals surface area contributed by atoms with E-state index in [0.717, 1.165) is 25.7 Å². The van der Waals surface area contributed by atoms with Crippen LogP contribution >= 0.6 is 0 Å². The minimum Gasteiger partial charge on any atom is -0.444 e. The van der Waals surface area contributed by atoms with Crippen molar-refractivity contribution in [3.05, 3.63) is 23.5 Å². The molecular weight excluding hydrogens is 290 g/mol. The summed E-state index contributed by atoms with van der Waals surface area (Å²) in [5.74, 6) is 0. The Morgan fingerprint density at radius 2 is 1.65 bits per heavy atom. The molecule has 2 aliphatic heterocycles. The molecule has 23 heavy (non-hydrogen) atoms. The standard InChI is InChI=1S/C18H29N3O2/c1-12-6-7-13(2)21(12)19-14-10-15-8-9-16(11-14)20(15)17(22)23-18(3,4)5/h6-7,14-16,19H,8-11H2,1-5H3. The maximum Gasteiger partial charge on any atom is 0.410 e. The van der Waals surface area contributed by atoms with Gasteiger partial charge in [0.2, 0.25) is 0 Å². The number of carbonyl (C=O) groups is 1. The highest BCUT2D eigenvalue weighted by Crippen LogP contribution is 2.37. The van der Waals surface area contributed by atoms with Crippen LogP contribution in [-0.4, -0.2) is 39.4 Å². The SMILES string of the molecule is Cc1ccc(C)n1NC1CC2CCC(C1)N2C(=O)OC(C)(C)C. The predicted molar refractivity (Wildman–Crippen MR) is 91.2 cm³/mol. The number of nitrogens with zero attached hydrogens (tertiary/aromatic N) is 2. The van der Waals surface area contributed by atoms with Gasteiger partial charge in [-0.25, -0.2) is 4.79 Å². The Morgan fingerprint density at radius 3 is 2.13 bits per heavy atom. The van der Waals surface area contributed by atoms with Crippen molar-refractivity contribution >= 4 is 6.09 Å². The summed E-state index contributed by atoms with van der Waals surface area (Å²) in [7, 11) is 0. The number of fused-ring (bicyclic) bond motifs is 2. The first-order chi connectivity index (χ1) is 10.7. The van der Waals surface area contributed by atoms with Gasteiger partial charge in [0.1, 0.15) is 5.60 Å². The monoisotopic (exact) mass is 319 g/mol. The van der Waals surface area contributed by atoms with Gasteiger partial charge in [-0.15, -0.1) is 0 Å². The number of aryl methyl sites for hydroxylation is 2. The molecule has 0 aromatic carbocycles. The summed E-state index contributed by atoms with van der Waals surface area (Å²) in [5.41, 5.74) is 5.67. The molecule has 0 spiro atoms. The summed E-state index contributed by atoms with van der Waals surface area (Å²) < 4.78 is 7.77. The molecule has 2 bridgehead atoms. The van der Waals surface area contributed by atoms with Gasteiger partial charge in [-0.3, -0.25) is 4.68 Å². The Hall–Kier alpha value is -1.65. The maximum absolute atomic E-state index is 12.5. The van der Waals surface area contributed by atoms with Crippen molar-refractivity contribution < 1.29 is 9.53 Å². The summed E-state index contributed by atoms with van der Waals surface area (Å²) in [4.78, 5) is 14.5. The van der Waals surface area contributed by atoms with E-state index in [1.54, 1.807) is 0 Å². The van der Waals surface area contributed by atoms with Gasteiger partial charge in [0.25, 0.3) is 0 Å². The topological polar surface area (TPSA) is 46.5 Å². The van der Waals surface area contributed by atoms with Gasteiger partial charge in [-0.1, -0.05) is 0 Å². The first-order valence-corrected chi connectivity index (χ1v) is 8.67. The van der Waals surface area contributed by atoms with Crippen LogP contribution in [0.15, 0.2) is 12.1 Å². The number of ether oxygens (including phenoxy) is 1. The molecule has 1 aromatic rings. The van der Waals surface area contributed by atoms with E-state index in [0.29, 0.717) is 18.1 Å². The van der Waals surface area contributed by atoms with Gasteiger partial charge in [-0.05, 0) is 72.4 Å². The Kier molecular flexibility index (Phi) is 4.07. The molecule has 0 saturated carbocycles. The second kappa shape index (κ2) is 5.77. The van der Waals surface area contributed by atoms with E-state index in [2.05, 4.69) is 36.1 Å². The minimum atomic E-state index is -0.426. The van der Waals surface area contributed by atoms with Crippen LogP contribution in [0.5, 0.6) is 0 Å². The second-order valence-electron chi connectivity index (χ2n) is 8.02. The summed E-state index contributed by atoms with van der Waals surface area (Å²) >= 11 is 0. The fraction of sp³-hybridized carbons (Fsp3) is 0.722. The Morgan fingerprint density at radius 1 is 1.13 bits per heavy atom. The Bertz CT molecular complexity index is 554. The van der Waals surface area contributed by atoms with Crippen LogP contribution in [0, 0.1) is 13.8 Å². The zero-order valence-corrected chi connectivity index (χ0v) is 14.9. The summed E-state index contributed by atoms with van der Waals surface area (Å²) in [6, 6.07) is 5.28. The molecule has 2 fully saturated rings. The van der Waals surface area contributed by atoms with Crippen LogP contribution in [0.4, 0.5) is 4.79 Å². The highest BCUT2D eigenvalue weighted by atomic mass is 16.6. The van der Waals surface area contributed by atoms with E-state index >= 15 is 0 Å². The summed E-state index contributed by atoms with van der Waals surface area (Å²) in [6.07, 6.45) is 4.02. The van der Waals surface area contributed by atoms with Crippen LogP contribution in [0.25, 0.3) is 0 Å². The quantitative estimate of drug-likeness (QED) is 0.906. The molecule has 5 nitrogen and oxygen atoms in total. The molecule has 1 aromatic heterocycles. The number of nitrogens with one attached hydrogen (secondary N) is 1. The third-order valence-corrected chi connectivity index (χ3v) is 4.92. The molecule has 3 heterocycles. The van der Waals surface area contributed by atoms with E-state index in [9.17, 15) is 4.79 Å². The Balaban J connectivity index is 1.66. The lowest BCUT2D eigenvalue weighted by atomic mass is 9.98. The number of rotatable bonds is 2. The highest BCUT2D eigenvalue weighted by molar-refractivity contribution is 5.69. The van der Waals surface area contributed by atoms with Crippen LogP contribution in [0.1, 0.15) is 57.8 Å². The van der Waals surface area contributed by atoms with Crippen LogP contribution in [0.2, 0.25) is 0 Å². The average molecular weight is 319 g/mol. The zero-order valence-electron chi connectivity index (χ0n) is 14.9. The smallest absolute Gasteiger partial charge is 0.410 e. The summed E-state index contributed by atoms with van der Waals surface area (Å²) in [6.45, 7) is 10.0. The molecular formula is C18H29N3O2. The van der Waals surface area contributed by atoms with E-state index in [-0.39, 0.29) is 6.09 Å². The molecule has 0 aliphatic carbocycles. The molecule has 5 heteroatoms. The van der Waals surface area contributed by atoms with Crippen molar-refractivity contribution in [2.45, 2.75) is 84.0 Å². The number of amides is 1. The van der Waals surface area contributed by atoms with Gasteiger partial charge in [0, 0.05) is 29.5 Å². The second-order valence-corrected chi connectivity index (χ2v) is 8.02. The van der Waals surface area contributed by atoms with Crippen LogP contribution in [0.3, 0.4) is 0 Å². The fourth-order valence-electron chi connectivity index (χ4n) is 3.95. The number of hydrogen-bond donors (Lipinski definition) is 1. The normalized spacial score (nSPS) is 27.2. The van der Waals surface area contributed by atoms with Gasteiger partial charge < -0.3 is 15.1 Å². The van der Waals surface area contributed by atoms with E-state index < -0.39 is 5.60 Å². The van der Waals surface area contributed by atoms with E-state index in [4.69, 9.17) is 4.74 Å². The number of piperidine rings is 1. The number of aromatic nitrogens is 1. The molecule has 1 N–H and O–H groups in total. The predicted octanol–water partition coefficient (Wildman–Crippen LogP) is 3.58. The lowest BCUT2D eigenvalue weighted by molar-refractivity contribution is 0.00643. The Labute approximate surface area is 139 Å². The molecule has 2 unspecified atom stereocenters. The van der Waals surface area contributed by atoms with Crippen molar-refractivity contribution in [1.29, 1.82) is 0 Å². The average Bonchev–Trinajstić information content (AvgIpc) is 2.88. The minimum absolute atomic E-state index is 0.142. The lowest BCUT2D eigenvalue weighted by Gasteiger charge is -2.40. The maximum atomic E-state index is 12.5. The zero-order chi connectivity index (χ0) is 16.8. The number of carbonyl (C=O) groups excluding carboxylic acids is 1. The van der Waals surface area contributed by atoms with Crippen LogP contribution < -0.4 is 5.43 Å². The molecule has 2 atom stereocenters. The molecule has 2 saturated heterocycles. The van der Waals surface area contributed by atoms with Crippen molar-refractivity contribution in [3.63, 3.8) is 0 Å². The van der Waals surface area contributed by atoms with Gasteiger partial charge >= 0.3 is 6.09 Å². The summed E-state index contributed by atoms with van der Waals surface area (Å²) in [5, 5.41) is 0.